The van der Waals surface area contributed by atoms with Crippen LogP contribution in [-0.4, -0.2) is 7.05 Å². The molecule has 0 radical (unpaired) electrons. The van der Waals surface area contributed by atoms with Gasteiger partial charge >= 0.3 is 0 Å². The minimum atomic E-state index is -0.607. The van der Waals surface area contributed by atoms with Crippen LogP contribution in [0.4, 0.5) is 13.2 Å². The lowest BCUT2D eigenvalue weighted by Crippen LogP contribution is -2.20. The Morgan fingerprint density at radius 1 is 1.10 bits per heavy atom. The van der Waals surface area contributed by atoms with Crippen LogP contribution in [0.5, 0.6) is 0 Å². The summed E-state index contributed by atoms with van der Waals surface area (Å²) in [5.41, 5.74) is 1.47. The van der Waals surface area contributed by atoms with Gasteiger partial charge in [-0.25, -0.2) is 13.2 Å². The summed E-state index contributed by atoms with van der Waals surface area (Å²) in [6.45, 7) is 1.59. The maximum absolute atomic E-state index is 14.0. The topological polar surface area (TPSA) is 12.0 Å². The van der Waals surface area contributed by atoms with E-state index in [2.05, 4.69) is 21.2 Å². The molecule has 0 saturated heterocycles. The van der Waals surface area contributed by atoms with Crippen LogP contribution in [0.3, 0.4) is 0 Å². The van der Waals surface area contributed by atoms with Crippen molar-refractivity contribution in [2.75, 3.05) is 7.05 Å². The number of likely N-dealkylation sites (N-methyl/N-ethyl adjacent to an activating group) is 1. The highest BCUT2D eigenvalue weighted by atomic mass is 79.9. The second kappa shape index (κ2) is 6.62. The van der Waals surface area contributed by atoms with Gasteiger partial charge in [-0.3, -0.25) is 0 Å². The van der Waals surface area contributed by atoms with Gasteiger partial charge in [-0.05, 0) is 55.8 Å². The molecule has 0 aromatic heterocycles. The fourth-order valence-electron chi connectivity index (χ4n) is 2.23. The van der Waals surface area contributed by atoms with Gasteiger partial charge < -0.3 is 5.32 Å². The number of benzene rings is 2. The molecule has 1 atom stereocenters. The zero-order valence-corrected chi connectivity index (χ0v) is 13.3. The van der Waals surface area contributed by atoms with E-state index in [1.54, 1.807) is 20.0 Å². The van der Waals surface area contributed by atoms with Gasteiger partial charge in [0.25, 0.3) is 0 Å². The molecule has 2 rings (SSSR count). The molecule has 0 saturated carbocycles. The molecule has 0 fully saturated rings. The molecule has 5 heteroatoms. The number of hydrogen-bond donors (Lipinski definition) is 1. The summed E-state index contributed by atoms with van der Waals surface area (Å²) in [7, 11) is 1.69. The molecule has 0 bridgehead atoms. The van der Waals surface area contributed by atoms with Crippen LogP contribution in [-0.2, 0) is 6.42 Å². The van der Waals surface area contributed by atoms with Gasteiger partial charge in [-0.2, -0.15) is 0 Å². The minimum absolute atomic E-state index is 0.348. The van der Waals surface area contributed by atoms with Gasteiger partial charge in [-0.1, -0.05) is 15.9 Å². The van der Waals surface area contributed by atoms with Crippen molar-refractivity contribution < 1.29 is 13.2 Å². The lowest BCUT2D eigenvalue weighted by Gasteiger charge is -2.19. The highest BCUT2D eigenvalue weighted by Gasteiger charge is 2.18. The van der Waals surface area contributed by atoms with Gasteiger partial charge in [0.05, 0.1) is 0 Å². The standard InChI is InChI=1S/C16H15BrF3N/c1-9-5-12(15(20)8-14(9)19)16(21-2)7-10-6-11(18)3-4-13(10)17/h3-6,8,16,21H,7H2,1-2H3. The molecular weight excluding hydrogens is 343 g/mol. The molecule has 112 valence electrons. The van der Waals surface area contributed by atoms with Crippen molar-refractivity contribution >= 4 is 15.9 Å². The first kappa shape index (κ1) is 16.0. The predicted octanol–water partition coefficient (Wildman–Crippen LogP) is 4.68. The Morgan fingerprint density at radius 3 is 2.48 bits per heavy atom. The molecule has 0 aliphatic carbocycles. The molecule has 0 heterocycles. The van der Waals surface area contributed by atoms with Crippen molar-refractivity contribution in [2.24, 2.45) is 0 Å². The fourth-order valence-corrected chi connectivity index (χ4v) is 2.64. The molecule has 0 aliphatic heterocycles. The highest BCUT2D eigenvalue weighted by molar-refractivity contribution is 9.10. The zero-order valence-electron chi connectivity index (χ0n) is 11.7. The van der Waals surface area contributed by atoms with Crippen LogP contribution in [0.1, 0.15) is 22.7 Å². The van der Waals surface area contributed by atoms with Crippen molar-refractivity contribution in [2.45, 2.75) is 19.4 Å². The largest absolute Gasteiger partial charge is 0.313 e. The summed E-state index contributed by atoms with van der Waals surface area (Å²) in [6, 6.07) is 6.37. The highest BCUT2D eigenvalue weighted by Crippen LogP contribution is 2.27. The molecule has 0 amide bonds. The first-order valence-corrected chi connectivity index (χ1v) is 7.28. The smallest absolute Gasteiger partial charge is 0.130 e. The third-order valence-electron chi connectivity index (χ3n) is 3.43. The Balaban J connectivity index is 2.36. The molecule has 0 aliphatic rings. The van der Waals surface area contributed by atoms with Crippen LogP contribution >= 0.6 is 15.9 Å². The third kappa shape index (κ3) is 3.66. The Bertz CT molecular complexity index is 658. The summed E-state index contributed by atoms with van der Waals surface area (Å²) in [4.78, 5) is 0. The van der Waals surface area contributed by atoms with Crippen LogP contribution in [0.15, 0.2) is 34.8 Å². The Kier molecular flexibility index (Phi) is 5.06. The van der Waals surface area contributed by atoms with E-state index in [-0.39, 0.29) is 11.9 Å². The molecule has 0 spiro atoms. The number of nitrogens with one attached hydrogen (secondary N) is 1. The van der Waals surface area contributed by atoms with E-state index in [0.717, 1.165) is 16.1 Å². The predicted molar refractivity (Wildman–Crippen MR) is 80.7 cm³/mol. The molecule has 1 N–H and O–H groups in total. The van der Waals surface area contributed by atoms with Crippen molar-refractivity contribution in [3.05, 3.63) is 68.9 Å². The van der Waals surface area contributed by atoms with E-state index >= 15 is 0 Å². The van der Waals surface area contributed by atoms with Gasteiger partial charge in [0.2, 0.25) is 0 Å². The fraction of sp³-hybridized carbons (Fsp3) is 0.250. The van der Waals surface area contributed by atoms with Crippen molar-refractivity contribution in [3.8, 4) is 0 Å². The first-order chi connectivity index (χ1) is 9.92. The maximum Gasteiger partial charge on any atom is 0.130 e. The monoisotopic (exact) mass is 357 g/mol. The Labute approximate surface area is 130 Å². The molecule has 2 aromatic carbocycles. The van der Waals surface area contributed by atoms with Crippen molar-refractivity contribution in [3.63, 3.8) is 0 Å². The minimum Gasteiger partial charge on any atom is -0.313 e. The molecule has 2 aromatic rings. The van der Waals surface area contributed by atoms with Crippen LogP contribution < -0.4 is 5.32 Å². The van der Waals surface area contributed by atoms with Crippen molar-refractivity contribution in [1.82, 2.24) is 5.32 Å². The average Bonchev–Trinajstić information content (AvgIpc) is 2.44. The van der Waals surface area contributed by atoms with Crippen LogP contribution in [0.2, 0.25) is 0 Å². The first-order valence-electron chi connectivity index (χ1n) is 6.49. The van der Waals surface area contributed by atoms with E-state index in [9.17, 15) is 13.2 Å². The molecule has 1 nitrogen and oxygen atoms in total. The van der Waals surface area contributed by atoms with E-state index in [1.807, 2.05) is 0 Å². The lowest BCUT2D eigenvalue weighted by atomic mass is 9.97. The number of hydrogen-bond acceptors (Lipinski definition) is 1. The number of rotatable bonds is 4. The van der Waals surface area contributed by atoms with Gasteiger partial charge in [0, 0.05) is 22.1 Å². The number of halogens is 4. The van der Waals surface area contributed by atoms with E-state index in [0.29, 0.717) is 17.5 Å². The lowest BCUT2D eigenvalue weighted by molar-refractivity contribution is 0.517. The quantitative estimate of drug-likeness (QED) is 0.837. The number of aryl methyl sites for hydroxylation is 1. The normalized spacial score (nSPS) is 12.5. The Hall–Kier alpha value is -1.33. The van der Waals surface area contributed by atoms with Gasteiger partial charge in [0.15, 0.2) is 0 Å². The zero-order chi connectivity index (χ0) is 15.6. The summed E-state index contributed by atoms with van der Waals surface area (Å²) < 4.78 is 41.4. The molecule has 1 unspecified atom stereocenters. The van der Waals surface area contributed by atoms with Crippen LogP contribution in [0, 0.1) is 24.4 Å². The SMILES string of the molecule is CNC(Cc1cc(F)ccc1Br)c1cc(C)c(F)cc1F. The van der Waals surface area contributed by atoms with E-state index in [4.69, 9.17) is 0 Å². The summed E-state index contributed by atoms with van der Waals surface area (Å²) in [5.74, 6) is -1.53. The second-order valence-corrected chi connectivity index (χ2v) is 5.76. The molecule has 21 heavy (non-hydrogen) atoms. The molecular formula is C16H15BrF3N. The van der Waals surface area contributed by atoms with Gasteiger partial charge in [-0.15, -0.1) is 0 Å². The summed E-state index contributed by atoms with van der Waals surface area (Å²) in [6.07, 6.45) is 0.386. The second-order valence-electron chi connectivity index (χ2n) is 4.90. The van der Waals surface area contributed by atoms with E-state index in [1.165, 1.54) is 18.2 Å². The Morgan fingerprint density at radius 2 is 1.81 bits per heavy atom. The van der Waals surface area contributed by atoms with E-state index < -0.39 is 11.6 Å². The van der Waals surface area contributed by atoms with Crippen molar-refractivity contribution in [1.29, 1.82) is 0 Å². The maximum atomic E-state index is 14.0. The average molecular weight is 358 g/mol. The van der Waals surface area contributed by atoms with Gasteiger partial charge in [0.1, 0.15) is 17.5 Å². The van der Waals surface area contributed by atoms with Crippen LogP contribution in [0.25, 0.3) is 0 Å². The summed E-state index contributed by atoms with van der Waals surface area (Å²) >= 11 is 3.36. The summed E-state index contributed by atoms with van der Waals surface area (Å²) in [5, 5.41) is 3.00. The third-order valence-corrected chi connectivity index (χ3v) is 4.21.